The van der Waals surface area contributed by atoms with Crippen LogP contribution in [-0.2, 0) is 4.74 Å². The van der Waals surface area contributed by atoms with E-state index >= 15 is 0 Å². The van der Waals surface area contributed by atoms with Gasteiger partial charge in [-0.2, -0.15) is 0 Å². The number of hydrogen-bond donors (Lipinski definition) is 2. The molecule has 0 spiro atoms. The smallest absolute Gasteiger partial charge is 0.191 e. The SMILES string of the molecule is CCN1CCCCC1CNC(=NC)NC1C2CCOC2C1(C)C. The van der Waals surface area contributed by atoms with Crippen molar-refractivity contribution in [2.24, 2.45) is 16.3 Å². The van der Waals surface area contributed by atoms with Crippen molar-refractivity contribution in [3.63, 3.8) is 0 Å². The van der Waals surface area contributed by atoms with Gasteiger partial charge in [-0.3, -0.25) is 9.89 Å². The van der Waals surface area contributed by atoms with Crippen LogP contribution < -0.4 is 10.6 Å². The highest BCUT2D eigenvalue weighted by Gasteiger charge is 2.59. The van der Waals surface area contributed by atoms with Crippen LogP contribution in [0.25, 0.3) is 0 Å². The van der Waals surface area contributed by atoms with Gasteiger partial charge in [0.2, 0.25) is 0 Å². The van der Waals surface area contributed by atoms with E-state index in [4.69, 9.17) is 4.74 Å². The van der Waals surface area contributed by atoms with Crippen molar-refractivity contribution in [1.29, 1.82) is 0 Å². The number of fused-ring (bicyclic) bond motifs is 1. The quantitative estimate of drug-likeness (QED) is 0.612. The van der Waals surface area contributed by atoms with Crippen LogP contribution in [0.5, 0.6) is 0 Å². The van der Waals surface area contributed by atoms with Crippen molar-refractivity contribution in [2.75, 3.05) is 33.3 Å². The normalized spacial score (nSPS) is 37.1. The standard InChI is InChI=1S/C18H34N4O/c1-5-22-10-7-6-8-13(22)12-20-17(19-4)21-15-14-9-11-23-16(14)18(15,2)3/h13-16H,5-12H2,1-4H3,(H2,19,20,21). The Labute approximate surface area is 141 Å². The topological polar surface area (TPSA) is 48.9 Å². The van der Waals surface area contributed by atoms with E-state index in [2.05, 4.69) is 41.3 Å². The Hall–Kier alpha value is -0.810. The maximum absolute atomic E-state index is 5.89. The highest BCUT2D eigenvalue weighted by molar-refractivity contribution is 5.80. The molecule has 132 valence electrons. The summed E-state index contributed by atoms with van der Waals surface area (Å²) in [5, 5.41) is 7.25. The Morgan fingerprint density at radius 2 is 2.13 bits per heavy atom. The third kappa shape index (κ3) is 3.22. The van der Waals surface area contributed by atoms with Crippen molar-refractivity contribution in [3.05, 3.63) is 0 Å². The summed E-state index contributed by atoms with van der Waals surface area (Å²) < 4.78 is 5.89. The molecule has 1 aliphatic carbocycles. The molecule has 2 heterocycles. The van der Waals surface area contributed by atoms with Crippen LogP contribution in [0.4, 0.5) is 0 Å². The predicted octanol–water partition coefficient (Wildman–Crippen LogP) is 1.84. The molecule has 1 saturated carbocycles. The zero-order chi connectivity index (χ0) is 16.4. The largest absolute Gasteiger partial charge is 0.377 e. The molecule has 3 rings (SSSR count). The highest BCUT2D eigenvalue weighted by Crippen LogP contribution is 2.52. The summed E-state index contributed by atoms with van der Waals surface area (Å²) in [6.45, 7) is 11.2. The van der Waals surface area contributed by atoms with Crippen molar-refractivity contribution in [2.45, 2.75) is 64.6 Å². The lowest BCUT2D eigenvalue weighted by Crippen LogP contribution is -2.68. The molecule has 2 aliphatic heterocycles. The number of nitrogens with one attached hydrogen (secondary N) is 2. The van der Waals surface area contributed by atoms with Gasteiger partial charge in [-0.05, 0) is 32.4 Å². The molecule has 5 nitrogen and oxygen atoms in total. The first-order chi connectivity index (χ1) is 11.1. The summed E-state index contributed by atoms with van der Waals surface area (Å²) in [7, 11) is 1.88. The van der Waals surface area contributed by atoms with E-state index < -0.39 is 0 Å². The number of hydrogen-bond acceptors (Lipinski definition) is 3. The number of rotatable bonds is 4. The monoisotopic (exact) mass is 322 g/mol. The molecule has 5 heteroatoms. The van der Waals surface area contributed by atoms with Crippen LogP contribution in [-0.4, -0.2) is 62.3 Å². The number of guanidine groups is 1. The molecular formula is C18H34N4O. The molecular weight excluding hydrogens is 288 g/mol. The van der Waals surface area contributed by atoms with Gasteiger partial charge in [0.1, 0.15) is 0 Å². The molecule has 3 fully saturated rings. The average Bonchev–Trinajstić information content (AvgIpc) is 3.02. The second-order valence-corrected chi connectivity index (χ2v) is 7.92. The van der Waals surface area contributed by atoms with Gasteiger partial charge in [0.05, 0.1) is 6.10 Å². The van der Waals surface area contributed by atoms with E-state index in [1.54, 1.807) is 0 Å². The van der Waals surface area contributed by atoms with Gasteiger partial charge in [-0.15, -0.1) is 0 Å². The van der Waals surface area contributed by atoms with E-state index in [1.165, 1.54) is 32.2 Å². The minimum atomic E-state index is 0.194. The Morgan fingerprint density at radius 1 is 1.30 bits per heavy atom. The molecule has 3 aliphatic rings. The van der Waals surface area contributed by atoms with Gasteiger partial charge in [0, 0.05) is 43.6 Å². The Bertz CT molecular complexity index is 437. The molecule has 0 radical (unpaired) electrons. The molecule has 2 N–H and O–H groups in total. The number of ether oxygens (including phenoxy) is 1. The summed E-state index contributed by atoms with van der Waals surface area (Å²) in [6.07, 6.45) is 5.59. The molecule has 23 heavy (non-hydrogen) atoms. The van der Waals surface area contributed by atoms with E-state index in [-0.39, 0.29) is 5.41 Å². The third-order valence-electron chi connectivity index (χ3n) is 6.28. The summed E-state index contributed by atoms with van der Waals surface area (Å²) in [6, 6.07) is 1.11. The molecule has 0 aromatic rings. The molecule has 0 amide bonds. The first-order valence-electron chi connectivity index (χ1n) is 9.40. The molecule has 0 bridgehead atoms. The van der Waals surface area contributed by atoms with Crippen LogP contribution in [0.15, 0.2) is 4.99 Å². The summed E-state index contributed by atoms with van der Waals surface area (Å²) in [5.74, 6) is 1.60. The minimum absolute atomic E-state index is 0.194. The number of likely N-dealkylation sites (tertiary alicyclic amines) is 1. The first kappa shape index (κ1) is 17.0. The molecule has 0 aromatic carbocycles. The minimum Gasteiger partial charge on any atom is -0.377 e. The van der Waals surface area contributed by atoms with Gasteiger partial charge in [0.25, 0.3) is 0 Å². The van der Waals surface area contributed by atoms with E-state index in [0.29, 0.717) is 24.1 Å². The van der Waals surface area contributed by atoms with E-state index in [0.717, 1.165) is 25.7 Å². The summed E-state index contributed by atoms with van der Waals surface area (Å²) in [5.41, 5.74) is 0.194. The average molecular weight is 322 g/mol. The second kappa shape index (κ2) is 6.98. The van der Waals surface area contributed by atoms with Gasteiger partial charge >= 0.3 is 0 Å². The van der Waals surface area contributed by atoms with Crippen LogP contribution >= 0.6 is 0 Å². The van der Waals surface area contributed by atoms with E-state index in [9.17, 15) is 0 Å². The van der Waals surface area contributed by atoms with E-state index in [1.807, 2.05) is 7.05 Å². The van der Waals surface area contributed by atoms with Crippen LogP contribution in [0.3, 0.4) is 0 Å². The molecule has 2 saturated heterocycles. The molecule has 0 aromatic heterocycles. The fourth-order valence-corrected chi connectivity index (χ4v) is 4.88. The van der Waals surface area contributed by atoms with Gasteiger partial charge in [-0.25, -0.2) is 0 Å². The second-order valence-electron chi connectivity index (χ2n) is 7.92. The third-order valence-corrected chi connectivity index (χ3v) is 6.28. The van der Waals surface area contributed by atoms with Gasteiger partial charge < -0.3 is 15.4 Å². The summed E-state index contributed by atoms with van der Waals surface area (Å²) >= 11 is 0. The Balaban J connectivity index is 1.52. The lowest BCUT2D eigenvalue weighted by Gasteiger charge is -2.55. The van der Waals surface area contributed by atoms with Crippen molar-refractivity contribution >= 4 is 5.96 Å². The van der Waals surface area contributed by atoms with Crippen LogP contribution in [0.2, 0.25) is 0 Å². The van der Waals surface area contributed by atoms with Gasteiger partial charge in [0.15, 0.2) is 5.96 Å². The number of nitrogens with zero attached hydrogens (tertiary/aromatic N) is 2. The maximum atomic E-state index is 5.89. The Morgan fingerprint density at radius 3 is 2.87 bits per heavy atom. The summed E-state index contributed by atoms with van der Waals surface area (Å²) in [4.78, 5) is 7.06. The lowest BCUT2D eigenvalue weighted by atomic mass is 9.57. The zero-order valence-corrected chi connectivity index (χ0v) is 15.3. The predicted molar refractivity (Wildman–Crippen MR) is 94.8 cm³/mol. The maximum Gasteiger partial charge on any atom is 0.191 e. The van der Waals surface area contributed by atoms with Gasteiger partial charge in [-0.1, -0.05) is 27.2 Å². The van der Waals surface area contributed by atoms with Crippen LogP contribution in [0.1, 0.15) is 46.5 Å². The zero-order valence-electron chi connectivity index (χ0n) is 15.3. The van der Waals surface area contributed by atoms with Crippen LogP contribution in [0, 0.1) is 11.3 Å². The first-order valence-corrected chi connectivity index (χ1v) is 9.40. The molecule has 4 unspecified atom stereocenters. The van der Waals surface area contributed by atoms with Crippen molar-refractivity contribution in [1.82, 2.24) is 15.5 Å². The molecule has 4 atom stereocenters. The van der Waals surface area contributed by atoms with Crippen molar-refractivity contribution in [3.8, 4) is 0 Å². The number of piperidine rings is 1. The number of likely N-dealkylation sites (N-methyl/N-ethyl adjacent to an activating group) is 1. The highest BCUT2D eigenvalue weighted by atomic mass is 16.5. The number of aliphatic imine (C=N–C) groups is 1. The Kier molecular flexibility index (Phi) is 5.16. The fourth-order valence-electron chi connectivity index (χ4n) is 4.88. The van der Waals surface area contributed by atoms with Crippen molar-refractivity contribution < 1.29 is 4.74 Å². The lowest BCUT2D eigenvalue weighted by molar-refractivity contribution is -0.106. The fraction of sp³-hybridized carbons (Fsp3) is 0.944.